The lowest BCUT2D eigenvalue weighted by molar-refractivity contribution is -0.122. The molecule has 1 N–H and O–H groups in total. The molecule has 0 spiro atoms. The maximum Gasteiger partial charge on any atom is 0.220 e. The molecule has 1 heterocycles. The standard InChI is InChI=1S/C14H22N2O2/c1-10-5-3-4-6-12(10)7-14(17)15-8-13-11(2)9-18-16-13/h9-10,12H,3-8H2,1-2H3,(H,15,17). The first-order valence-corrected chi connectivity index (χ1v) is 6.83. The summed E-state index contributed by atoms with van der Waals surface area (Å²) in [6, 6.07) is 0. The average molecular weight is 250 g/mol. The molecule has 4 nitrogen and oxygen atoms in total. The third-order valence-corrected chi connectivity index (χ3v) is 4.04. The van der Waals surface area contributed by atoms with Crippen molar-refractivity contribution in [3.8, 4) is 0 Å². The molecule has 1 aliphatic rings. The molecular formula is C14H22N2O2. The molecule has 100 valence electrons. The van der Waals surface area contributed by atoms with Crippen molar-refractivity contribution in [2.24, 2.45) is 11.8 Å². The van der Waals surface area contributed by atoms with E-state index in [2.05, 4.69) is 17.4 Å². The molecule has 1 fully saturated rings. The monoisotopic (exact) mass is 250 g/mol. The zero-order chi connectivity index (χ0) is 13.0. The van der Waals surface area contributed by atoms with E-state index in [9.17, 15) is 4.79 Å². The minimum Gasteiger partial charge on any atom is -0.364 e. The van der Waals surface area contributed by atoms with Gasteiger partial charge in [-0.1, -0.05) is 31.3 Å². The van der Waals surface area contributed by atoms with Gasteiger partial charge >= 0.3 is 0 Å². The second-order valence-electron chi connectivity index (χ2n) is 5.45. The van der Waals surface area contributed by atoms with E-state index in [4.69, 9.17) is 4.52 Å². The van der Waals surface area contributed by atoms with E-state index in [1.807, 2.05) is 6.92 Å². The number of rotatable bonds is 4. The molecule has 4 heteroatoms. The zero-order valence-corrected chi connectivity index (χ0v) is 11.2. The number of hydrogen-bond acceptors (Lipinski definition) is 3. The number of nitrogens with one attached hydrogen (secondary N) is 1. The second-order valence-corrected chi connectivity index (χ2v) is 5.45. The first kappa shape index (κ1) is 13.1. The Morgan fingerprint density at radius 2 is 2.28 bits per heavy atom. The highest BCUT2D eigenvalue weighted by atomic mass is 16.5. The second kappa shape index (κ2) is 6.03. The fourth-order valence-corrected chi connectivity index (χ4v) is 2.67. The number of aromatic nitrogens is 1. The summed E-state index contributed by atoms with van der Waals surface area (Å²) in [7, 11) is 0. The van der Waals surface area contributed by atoms with E-state index in [1.54, 1.807) is 6.26 Å². The van der Waals surface area contributed by atoms with Crippen molar-refractivity contribution >= 4 is 5.91 Å². The molecule has 0 radical (unpaired) electrons. The molecule has 2 rings (SSSR count). The van der Waals surface area contributed by atoms with Crippen molar-refractivity contribution in [3.63, 3.8) is 0 Å². The molecule has 0 aromatic carbocycles. The van der Waals surface area contributed by atoms with Crippen LogP contribution >= 0.6 is 0 Å². The highest BCUT2D eigenvalue weighted by molar-refractivity contribution is 5.76. The summed E-state index contributed by atoms with van der Waals surface area (Å²) in [6.45, 7) is 4.67. The van der Waals surface area contributed by atoms with E-state index >= 15 is 0 Å². The van der Waals surface area contributed by atoms with Crippen molar-refractivity contribution in [1.29, 1.82) is 0 Å². The van der Waals surface area contributed by atoms with Gasteiger partial charge in [-0.05, 0) is 25.2 Å². The van der Waals surface area contributed by atoms with Crippen molar-refractivity contribution in [3.05, 3.63) is 17.5 Å². The maximum atomic E-state index is 11.9. The number of carbonyl (C=O) groups is 1. The van der Waals surface area contributed by atoms with E-state index in [0.29, 0.717) is 24.8 Å². The Bertz CT molecular complexity index is 400. The normalized spacial score (nSPS) is 23.9. The van der Waals surface area contributed by atoms with E-state index < -0.39 is 0 Å². The third-order valence-electron chi connectivity index (χ3n) is 4.04. The topological polar surface area (TPSA) is 55.1 Å². The summed E-state index contributed by atoms with van der Waals surface area (Å²) in [5.41, 5.74) is 1.81. The van der Waals surface area contributed by atoms with Crippen molar-refractivity contribution in [2.45, 2.75) is 52.5 Å². The van der Waals surface area contributed by atoms with Crippen LogP contribution in [0.25, 0.3) is 0 Å². The number of aryl methyl sites for hydroxylation is 1. The number of hydrogen-bond donors (Lipinski definition) is 1. The van der Waals surface area contributed by atoms with Crippen LogP contribution in [0.4, 0.5) is 0 Å². The summed E-state index contributed by atoms with van der Waals surface area (Å²) in [5, 5.41) is 6.79. The van der Waals surface area contributed by atoms with Crippen LogP contribution < -0.4 is 5.32 Å². The molecule has 0 bridgehead atoms. The van der Waals surface area contributed by atoms with Gasteiger partial charge in [0.15, 0.2) is 0 Å². The summed E-state index contributed by atoms with van der Waals surface area (Å²) in [4.78, 5) is 11.9. The minimum atomic E-state index is 0.135. The predicted octanol–water partition coefficient (Wildman–Crippen LogP) is 2.82. The Labute approximate surface area is 108 Å². The lowest BCUT2D eigenvalue weighted by Gasteiger charge is -2.28. The fraction of sp³-hybridized carbons (Fsp3) is 0.714. The van der Waals surface area contributed by atoms with Crippen LogP contribution in [0.1, 0.15) is 50.3 Å². The summed E-state index contributed by atoms with van der Waals surface area (Å²) < 4.78 is 4.84. The highest BCUT2D eigenvalue weighted by Gasteiger charge is 2.23. The van der Waals surface area contributed by atoms with Crippen molar-refractivity contribution in [1.82, 2.24) is 10.5 Å². The van der Waals surface area contributed by atoms with Crippen LogP contribution in [-0.2, 0) is 11.3 Å². The number of nitrogens with zero attached hydrogens (tertiary/aromatic N) is 1. The van der Waals surface area contributed by atoms with Crippen LogP contribution in [0.3, 0.4) is 0 Å². The van der Waals surface area contributed by atoms with Gasteiger partial charge < -0.3 is 9.84 Å². The van der Waals surface area contributed by atoms with Crippen LogP contribution in [0, 0.1) is 18.8 Å². The van der Waals surface area contributed by atoms with Gasteiger partial charge in [0.1, 0.15) is 12.0 Å². The van der Waals surface area contributed by atoms with Crippen LogP contribution in [0.15, 0.2) is 10.8 Å². The molecule has 0 saturated heterocycles. The molecule has 1 saturated carbocycles. The first-order chi connectivity index (χ1) is 8.66. The largest absolute Gasteiger partial charge is 0.364 e. The van der Waals surface area contributed by atoms with Crippen LogP contribution in [0.5, 0.6) is 0 Å². The minimum absolute atomic E-state index is 0.135. The smallest absolute Gasteiger partial charge is 0.220 e. The Kier molecular flexibility index (Phi) is 4.39. The molecule has 0 aliphatic heterocycles. The fourth-order valence-electron chi connectivity index (χ4n) is 2.67. The molecule has 1 aromatic heterocycles. The molecule has 1 aromatic rings. The third kappa shape index (κ3) is 3.34. The Hall–Kier alpha value is -1.32. The Morgan fingerprint density at radius 3 is 2.94 bits per heavy atom. The average Bonchev–Trinajstić information content (AvgIpc) is 2.75. The molecule has 18 heavy (non-hydrogen) atoms. The summed E-state index contributed by atoms with van der Waals surface area (Å²) in [5.74, 6) is 1.37. The SMILES string of the molecule is Cc1conc1CNC(=O)CC1CCCCC1C. The molecule has 2 unspecified atom stereocenters. The van der Waals surface area contributed by atoms with Gasteiger partial charge in [0.05, 0.1) is 6.54 Å². The van der Waals surface area contributed by atoms with Gasteiger partial charge in [-0.15, -0.1) is 0 Å². The van der Waals surface area contributed by atoms with E-state index in [1.165, 1.54) is 25.7 Å². The van der Waals surface area contributed by atoms with Crippen LogP contribution in [0.2, 0.25) is 0 Å². The predicted molar refractivity (Wildman–Crippen MR) is 68.8 cm³/mol. The van der Waals surface area contributed by atoms with Gasteiger partial charge in [0, 0.05) is 12.0 Å². The lowest BCUT2D eigenvalue weighted by atomic mass is 9.78. The van der Waals surface area contributed by atoms with E-state index in [-0.39, 0.29) is 5.91 Å². The van der Waals surface area contributed by atoms with Gasteiger partial charge in [0.25, 0.3) is 0 Å². The van der Waals surface area contributed by atoms with E-state index in [0.717, 1.165) is 11.3 Å². The quantitative estimate of drug-likeness (QED) is 0.894. The summed E-state index contributed by atoms with van der Waals surface area (Å²) >= 11 is 0. The summed E-state index contributed by atoms with van der Waals surface area (Å²) in [6.07, 6.45) is 7.29. The molecule has 2 atom stereocenters. The van der Waals surface area contributed by atoms with Crippen molar-refractivity contribution in [2.75, 3.05) is 0 Å². The highest BCUT2D eigenvalue weighted by Crippen LogP contribution is 2.31. The molecule has 1 aliphatic carbocycles. The molecular weight excluding hydrogens is 228 g/mol. The zero-order valence-electron chi connectivity index (χ0n) is 11.2. The number of amides is 1. The van der Waals surface area contributed by atoms with Gasteiger partial charge in [-0.25, -0.2) is 0 Å². The first-order valence-electron chi connectivity index (χ1n) is 6.83. The lowest BCUT2D eigenvalue weighted by Crippen LogP contribution is -2.28. The van der Waals surface area contributed by atoms with Gasteiger partial charge in [0.2, 0.25) is 5.91 Å². The Balaban J connectivity index is 1.76. The van der Waals surface area contributed by atoms with Gasteiger partial charge in [-0.2, -0.15) is 0 Å². The number of carbonyl (C=O) groups excluding carboxylic acids is 1. The van der Waals surface area contributed by atoms with Gasteiger partial charge in [-0.3, -0.25) is 4.79 Å². The van der Waals surface area contributed by atoms with Crippen LogP contribution in [-0.4, -0.2) is 11.1 Å². The molecule has 1 amide bonds. The van der Waals surface area contributed by atoms with Crippen molar-refractivity contribution < 1.29 is 9.32 Å². The Morgan fingerprint density at radius 1 is 1.50 bits per heavy atom. The maximum absolute atomic E-state index is 11.9.